The Balaban J connectivity index is 1.91. The standard InChI is InChI=1S/C14H22N2OS/c1-11(2)16-7-4-13(5-8-16)15(3)14(17)12-6-9-18-10-12/h6,9-11,13H,4-5,7-8H2,1-3H3. The van der Waals surface area contributed by atoms with Crippen LogP contribution in [0.5, 0.6) is 0 Å². The van der Waals surface area contributed by atoms with Gasteiger partial charge in [-0.15, -0.1) is 0 Å². The van der Waals surface area contributed by atoms with E-state index in [0.717, 1.165) is 31.5 Å². The molecule has 1 aromatic heterocycles. The quantitative estimate of drug-likeness (QED) is 0.840. The molecule has 0 saturated carbocycles. The monoisotopic (exact) mass is 266 g/mol. The van der Waals surface area contributed by atoms with E-state index in [9.17, 15) is 4.79 Å². The first-order valence-electron chi connectivity index (χ1n) is 6.63. The smallest absolute Gasteiger partial charge is 0.254 e. The van der Waals surface area contributed by atoms with Crippen molar-refractivity contribution in [2.45, 2.75) is 38.8 Å². The molecule has 2 rings (SSSR count). The van der Waals surface area contributed by atoms with Gasteiger partial charge in [-0.05, 0) is 38.1 Å². The first-order valence-corrected chi connectivity index (χ1v) is 7.57. The van der Waals surface area contributed by atoms with E-state index in [-0.39, 0.29) is 5.91 Å². The molecule has 18 heavy (non-hydrogen) atoms. The third kappa shape index (κ3) is 2.93. The van der Waals surface area contributed by atoms with Gasteiger partial charge in [0.1, 0.15) is 0 Å². The van der Waals surface area contributed by atoms with Crippen molar-refractivity contribution < 1.29 is 4.79 Å². The zero-order chi connectivity index (χ0) is 13.1. The molecule has 0 atom stereocenters. The number of rotatable bonds is 3. The summed E-state index contributed by atoms with van der Waals surface area (Å²) in [5.41, 5.74) is 0.828. The molecule has 1 amide bonds. The van der Waals surface area contributed by atoms with E-state index < -0.39 is 0 Å². The van der Waals surface area contributed by atoms with Gasteiger partial charge < -0.3 is 9.80 Å². The van der Waals surface area contributed by atoms with Crippen LogP contribution >= 0.6 is 11.3 Å². The minimum Gasteiger partial charge on any atom is -0.339 e. The number of carbonyl (C=O) groups is 1. The average Bonchev–Trinajstić information content (AvgIpc) is 2.91. The highest BCUT2D eigenvalue weighted by molar-refractivity contribution is 7.08. The van der Waals surface area contributed by atoms with E-state index in [1.54, 1.807) is 11.3 Å². The van der Waals surface area contributed by atoms with Gasteiger partial charge in [0.2, 0.25) is 0 Å². The first-order chi connectivity index (χ1) is 8.59. The summed E-state index contributed by atoms with van der Waals surface area (Å²) in [6, 6.07) is 2.92. The van der Waals surface area contributed by atoms with E-state index in [2.05, 4.69) is 18.7 Å². The number of carbonyl (C=O) groups excluding carboxylic acids is 1. The van der Waals surface area contributed by atoms with Gasteiger partial charge >= 0.3 is 0 Å². The number of thiophene rings is 1. The second kappa shape index (κ2) is 5.85. The Hall–Kier alpha value is -0.870. The molecule has 0 unspecified atom stereocenters. The molecule has 1 aromatic rings. The topological polar surface area (TPSA) is 23.6 Å². The lowest BCUT2D eigenvalue weighted by Gasteiger charge is -2.38. The van der Waals surface area contributed by atoms with Crippen molar-refractivity contribution >= 4 is 17.2 Å². The second-order valence-corrected chi connectivity index (χ2v) is 6.07. The summed E-state index contributed by atoms with van der Waals surface area (Å²) >= 11 is 1.58. The van der Waals surface area contributed by atoms with Crippen LogP contribution in [0.4, 0.5) is 0 Å². The van der Waals surface area contributed by atoms with Gasteiger partial charge in [-0.2, -0.15) is 11.3 Å². The lowest BCUT2D eigenvalue weighted by molar-refractivity contribution is 0.0616. The molecule has 0 N–H and O–H groups in total. The third-order valence-electron chi connectivity index (χ3n) is 3.87. The van der Waals surface area contributed by atoms with Crippen LogP contribution in [0.1, 0.15) is 37.0 Å². The second-order valence-electron chi connectivity index (χ2n) is 5.29. The maximum Gasteiger partial charge on any atom is 0.254 e. The highest BCUT2D eigenvalue weighted by atomic mass is 32.1. The minimum atomic E-state index is 0.166. The molecule has 100 valence electrons. The fourth-order valence-electron chi connectivity index (χ4n) is 2.55. The SMILES string of the molecule is CC(C)N1CCC(N(C)C(=O)c2ccsc2)CC1. The highest BCUT2D eigenvalue weighted by Gasteiger charge is 2.26. The van der Waals surface area contributed by atoms with Crippen molar-refractivity contribution in [3.05, 3.63) is 22.4 Å². The summed E-state index contributed by atoms with van der Waals surface area (Å²) in [5, 5.41) is 3.89. The number of piperidine rings is 1. The average molecular weight is 266 g/mol. The summed E-state index contributed by atoms with van der Waals surface area (Å²) in [7, 11) is 1.94. The Morgan fingerprint density at radius 2 is 2.11 bits per heavy atom. The summed E-state index contributed by atoms with van der Waals surface area (Å²) < 4.78 is 0. The summed E-state index contributed by atoms with van der Waals surface area (Å²) in [6.07, 6.45) is 2.18. The summed E-state index contributed by atoms with van der Waals surface area (Å²) in [4.78, 5) is 16.7. The van der Waals surface area contributed by atoms with E-state index >= 15 is 0 Å². The Morgan fingerprint density at radius 1 is 1.44 bits per heavy atom. The van der Waals surface area contributed by atoms with Crippen LogP contribution in [0.2, 0.25) is 0 Å². The van der Waals surface area contributed by atoms with Gasteiger partial charge in [-0.1, -0.05) is 0 Å². The lowest BCUT2D eigenvalue weighted by Crippen LogP contribution is -2.47. The largest absolute Gasteiger partial charge is 0.339 e. The van der Waals surface area contributed by atoms with E-state index in [0.29, 0.717) is 12.1 Å². The van der Waals surface area contributed by atoms with Gasteiger partial charge in [-0.25, -0.2) is 0 Å². The number of hydrogen-bond acceptors (Lipinski definition) is 3. The fraction of sp³-hybridized carbons (Fsp3) is 0.643. The van der Waals surface area contributed by atoms with Crippen molar-refractivity contribution in [3.63, 3.8) is 0 Å². The van der Waals surface area contributed by atoms with Gasteiger partial charge in [0.25, 0.3) is 5.91 Å². The van der Waals surface area contributed by atoms with Crippen LogP contribution in [0.25, 0.3) is 0 Å². The molecule has 3 nitrogen and oxygen atoms in total. The predicted octanol–water partition coefficient (Wildman–Crippen LogP) is 2.69. The molecular formula is C14H22N2OS. The molecule has 1 aliphatic rings. The molecule has 0 aliphatic carbocycles. The van der Waals surface area contributed by atoms with Crippen LogP contribution in [0.15, 0.2) is 16.8 Å². The van der Waals surface area contributed by atoms with E-state index in [1.807, 2.05) is 28.8 Å². The van der Waals surface area contributed by atoms with Crippen LogP contribution in [-0.2, 0) is 0 Å². The van der Waals surface area contributed by atoms with Crippen molar-refractivity contribution in [2.75, 3.05) is 20.1 Å². The molecule has 1 aliphatic heterocycles. The number of likely N-dealkylation sites (tertiary alicyclic amines) is 1. The zero-order valence-electron chi connectivity index (χ0n) is 11.4. The number of amides is 1. The van der Waals surface area contributed by atoms with Gasteiger partial charge in [-0.3, -0.25) is 4.79 Å². The van der Waals surface area contributed by atoms with Crippen molar-refractivity contribution in [3.8, 4) is 0 Å². The van der Waals surface area contributed by atoms with Gasteiger partial charge in [0.05, 0.1) is 5.56 Å². The van der Waals surface area contributed by atoms with Crippen LogP contribution in [-0.4, -0.2) is 47.9 Å². The number of hydrogen-bond donors (Lipinski definition) is 0. The summed E-state index contributed by atoms with van der Waals surface area (Å²) in [5.74, 6) is 0.166. The molecule has 0 spiro atoms. The Kier molecular flexibility index (Phi) is 4.40. The maximum atomic E-state index is 12.2. The lowest BCUT2D eigenvalue weighted by atomic mass is 10.0. The molecule has 0 bridgehead atoms. The Morgan fingerprint density at radius 3 is 2.61 bits per heavy atom. The third-order valence-corrected chi connectivity index (χ3v) is 4.55. The summed E-state index contributed by atoms with van der Waals surface area (Å²) in [6.45, 7) is 6.67. The van der Waals surface area contributed by atoms with Crippen molar-refractivity contribution in [2.24, 2.45) is 0 Å². The molecule has 2 heterocycles. The Labute approximate surface area is 113 Å². The normalized spacial score (nSPS) is 18.2. The van der Waals surface area contributed by atoms with Crippen molar-refractivity contribution in [1.82, 2.24) is 9.80 Å². The molecule has 4 heteroatoms. The van der Waals surface area contributed by atoms with Crippen molar-refractivity contribution in [1.29, 1.82) is 0 Å². The van der Waals surface area contributed by atoms with E-state index in [4.69, 9.17) is 0 Å². The molecule has 0 aromatic carbocycles. The number of nitrogens with zero attached hydrogens (tertiary/aromatic N) is 2. The fourth-order valence-corrected chi connectivity index (χ4v) is 3.17. The van der Waals surface area contributed by atoms with Gasteiger partial charge in [0, 0.05) is 37.6 Å². The zero-order valence-corrected chi connectivity index (χ0v) is 12.2. The van der Waals surface area contributed by atoms with E-state index in [1.165, 1.54) is 0 Å². The maximum absolute atomic E-state index is 12.2. The highest BCUT2D eigenvalue weighted by Crippen LogP contribution is 2.19. The predicted molar refractivity (Wildman–Crippen MR) is 76.1 cm³/mol. The molecule has 1 fully saturated rings. The minimum absolute atomic E-state index is 0.166. The Bertz CT molecular complexity index is 381. The molecule has 0 radical (unpaired) electrons. The van der Waals surface area contributed by atoms with Gasteiger partial charge in [0.15, 0.2) is 0 Å². The van der Waals surface area contributed by atoms with Crippen LogP contribution < -0.4 is 0 Å². The molecular weight excluding hydrogens is 244 g/mol. The first kappa shape index (κ1) is 13.6. The molecule has 1 saturated heterocycles. The van der Waals surface area contributed by atoms with Crippen LogP contribution in [0, 0.1) is 0 Å². The van der Waals surface area contributed by atoms with Crippen LogP contribution in [0.3, 0.4) is 0 Å².